The highest BCUT2D eigenvalue weighted by atomic mass is 19.4. The first-order chi connectivity index (χ1) is 9.40. The van der Waals surface area contributed by atoms with Crippen molar-refractivity contribution in [2.45, 2.75) is 38.4 Å². The molecule has 0 saturated heterocycles. The van der Waals surface area contributed by atoms with Crippen LogP contribution in [0.15, 0.2) is 18.2 Å². The molecule has 0 aliphatic carbocycles. The minimum Gasteiger partial charge on any atom is -0.310 e. The van der Waals surface area contributed by atoms with Crippen LogP contribution in [0, 0.1) is 18.2 Å². The van der Waals surface area contributed by atoms with E-state index in [4.69, 9.17) is 6.42 Å². The summed E-state index contributed by atoms with van der Waals surface area (Å²) in [5.74, 6) is 1.24. The van der Waals surface area contributed by atoms with Crippen LogP contribution >= 0.6 is 0 Å². The lowest BCUT2D eigenvalue weighted by Crippen LogP contribution is -2.21. The van der Waals surface area contributed by atoms with Gasteiger partial charge >= 0.3 is 6.18 Å². The van der Waals surface area contributed by atoms with Crippen molar-refractivity contribution in [3.05, 3.63) is 35.1 Å². The fourth-order valence-corrected chi connectivity index (χ4v) is 2.02. The number of hydrogen-bond acceptors (Lipinski definition) is 1. The van der Waals surface area contributed by atoms with Crippen molar-refractivity contribution in [2.75, 3.05) is 6.54 Å². The molecule has 0 aliphatic heterocycles. The Kier molecular flexibility index (Phi) is 6.03. The van der Waals surface area contributed by atoms with Gasteiger partial charge in [-0.2, -0.15) is 13.2 Å². The topological polar surface area (TPSA) is 12.0 Å². The van der Waals surface area contributed by atoms with Crippen molar-refractivity contribution in [1.29, 1.82) is 0 Å². The van der Waals surface area contributed by atoms with Crippen LogP contribution in [0.1, 0.15) is 43.4 Å². The maximum atomic E-state index is 13.3. The molecule has 0 aliphatic rings. The van der Waals surface area contributed by atoms with Crippen molar-refractivity contribution < 1.29 is 17.6 Å². The number of terminal acetylenes is 1. The zero-order valence-electron chi connectivity index (χ0n) is 11.2. The Balaban J connectivity index is 2.99. The second-order valence-electron chi connectivity index (χ2n) is 4.44. The molecule has 0 spiro atoms. The van der Waals surface area contributed by atoms with Crippen LogP contribution in [0.2, 0.25) is 0 Å². The lowest BCUT2D eigenvalue weighted by atomic mass is 9.98. The summed E-state index contributed by atoms with van der Waals surface area (Å²) in [5, 5.41) is 3.10. The van der Waals surface area contributed by atoms with Gasteiger partial charge in [0.05, 0.1) is 5.56 Å². The van der Waals surface area contributed by atoms with E-state index >= 15 is 0 Å². The Labute approximate surface area is 116 Å². The van der Waals surface area contributed by atoms with Crippen molar-refractivity contribution in [1.82, 2.24) is 5.32 Å². The van der Waals surface area contributed by atoms with Crippen molar-refractivity contribution in [2.24, 2.45) is 0 Å². The minimum atomic E-state index is -4.68. The summed E-state index contributed by atoms with van der Waals surface area (Å²) in [4.78, 5) is 0. The minimum absolute atomic E-state index is 0.255. The van der Waals surface area contributed by atoms with Gasteiger partial charge in [-0.05, 0) is 37.1 Å². The first-order valence-corrected chi connectivity index (χ1v) is 6.43. The van der Waals surface area contributed by atoms with Gasteiger partial charge in [-0.3, -0.25) is 0 Å². The average molecular weight is 287 g/mol. The summed E-state index contributed by atoms with van der Waals surface area (Å²) in [7, 11) is 0. The van der Waals surface area contributed by atoms with Crippen molar-refractivity contribution >= 4 is 0 Å². The molecule has 0 radical (unpaired) electrons. The van der Waals surface area contributed by atoms with Crippen LogP contribution in [0.4, 0.5) is 17.6 Å². The number of hydrogen-bond donors (Lipinski definition) is 1. The predicted octanol–water partition coefficient (Wildman–Crippen LogP) is 4.30. The molecular formula is C15H17F4N. The first-order valence-electron chi connectivity index (χ1n) is 6.43. The van der Waals surface area contributed by atoms with Gasteiger partial charge in [0.15, 0.2) is 0 Å². The fourth-order valence-electron chi connectivity index (χ4n) is 2.02. The summed E-state index contributed by atoms with van der Waals surface area (Å²) < 4.78 is 51.3. The van der Waals surface area contributed by atoms with Gasteiger partial charge < -0.3 is 5.32 Å². The molecule has 110 valence electrons. The van der Waals surface area contributed by atoms with E-state index < -0.39 is 17.6 Å². The molecule has 0 fully saturated rings. The van der Waals surface area contributed by atoms with E-state index in [9.17, 15) is 17.6 Å². The molecule has 0 saturated carbocycles. The zero-order chi connectivity index (χ0) is 15.2. The standard InChI is InChI=1S/C15H17F4N/c1-3-5-6-7-14(20-4-2)11-8-9-13(16)12(10-11)15(17,18)19/h1,8-10,14,20H,4-7H2,2H3. The monoisotopic (exact) mass is 287 g/mol. The summed E-state index contributed by atoms with van der Waals surface area (Å²) in [6.07, 6.45) is 2.35. The first kappa shape index (κ1) is 16.5. The van der Waals surface area contributed by atoms with E-state index in [1.807, 2.05) is 6.92 Å². The molecule has 1 aromatic carbocycles. The quantitative estimate of drug-likeness (QED) is 0.467. The van der Waals surface area contributed by atoms with Crippen molar-refractivity contribution in [3.8, 4) is 12.3 Å². The van der Waals surface area contributed by atoms with Crippen LogP contribution < -0.4 is 5.32 Å². The molecular weight excluding hydrogens is 270 g/mol. The van der Waals surface area contributed by atoms with Crippen LogP contribution in [-0.4, -0.2) is 6.54 Å². The number of unbranched alkanes of at least 4 members (excludes halogenated alkanes) is 1. The zero-order valence-corrected chi connectivity index (χ0v) is 11.2. The van der Waals surface area contributed by atoms with E-state index in [1.54, 1.807) is 0 Å². The van der Waals surface area contributed by atoms with Crippen LogP contribution in [0.25, 0.3) is 0 Å². The van der Waals surface area contributed by atoms with Gasteiger partial charge in [0, 0.05) is 12.5 Å². The molecule has 0 bridgehead atoms. The molecule has 0 aromatic heterocycles. The molecule has 0 heterocycles. The van der Waals surface area contributed by atoms with Crippen molar-refractivity contribution in [3.63, 3.8) is 0 Å². The highest BCUT2D eigenvalue weighted by Crippen LogP contribution is 2.33. The van der Waals surface area contributed by atoms with Gasteiger partial charge in [0.2, 0.25) is 0 Å². The Hall–Kier alpha value is -1.54. The second-order valence-corrected chi connectivity index (χ2v) is 4.44. The van der Waals surface area contributed by atoms with E-state index in [1.165, 1.54) is 6.07 Å². The highest BCUT2D eigenvalue weighted by Gasteiger charge is 2.34. The third-order valence-electron chi connectivity index (χ3n) is 2.96. The Morgan fingerprint density at radius 1 is 1.35 bits per heavy atom. The van der Waals surface area contributed by atoms with Crippen LogP contribution in [-0.2, 0) is 6.18 Å². The molecule has 1 rings (SSSR count). The summed E-state index contributed by atoms with van der Waals surface area (Å²) in [5.41, 5.74) is -0.799. The van der Waals surface area contributed by atoms with Gasteiger partial charge in [0.25, 0.3) is 0 Å². The summed E-state index contributed by atoms with van der Waals surface area (Å²) in [6, 6.07) is 2.87. The Morgan fingerprint density at radius 3 is 2.60 bits per heavy atom. The molecule has 1 unspecified atom stereocenters. The smallest absolute Gasteiger partial charge is 0.310 e. The molecule has 5 heteroatoms. The van der Waals surface area contributed by atoms with Gasteiger partial charge in [0.1, 0.15) is 5.82 Å². The second kappa shape index (κ2) is 7.30. The molecule has 1 aromatic rings. The number of alkyl halides is 3. The number of rotatable bonds is 6. The lowest BCUT2D eigenvalue weighted by molar-refractivity contribution is -0.140. The summed E-state index contributed by atoms with van der Waals surface area (Å²) in [6.45, 7) is 2.47. The maximum Gasteiger partial charge on any atom is 0.419 e. The normalized spacial score (nSPS) is 13.0. The fraction of sp³-hybridized carbons (Fsp3) is 0.467. The molecule has 20 heavy (non-hydrogen) atoms. The highest BCUT2D eigenvalue weighted by molar-refractivity contribution is 5.29. The Morgan fingerprint density at radius 2 is 2.05 bits per heavy atom. The van der Waals surface area contributed by atoms with E-state index in [0.717, 1.165) is 12.1 Å². The molecule has 0 amide bonds. The number of halogens is 4. The SMILES string of the molecule is C#CCCCC(NCC)c1ccc(F)c(C(F)(F)F)c1. The van der Waals surface area contributed by atoms with Gasteiger partial charge in [-0.25, -0.2) is 4.39 Å². The van der Waals surface area contributed by atoms with E-state index in [0.29, 0.717) is 31.4 Å². The number of nitrogens with one attached hydrogen (secondary N) is 1. The summed E-state index contributed by atoms with van der Waals surface area (Å²) >= 11 is 0. The lowest BCUT2D eigenvalue weighted by Gasteiger charge is -2.19. The molecule has 1 nitrogen and oxygen atoms in total. The molecule has 1 atom stereocenters. The third kappa shape index (κ3) is 4.53. The van der Waals surface area contributed by atoms with Gasteiger partial charge in [-0.1, -0.05) is 13.0 Å². The largest absolute Gasteiger partial charge is 0.419 e. The van der Waals surface area contributed by atoms with Crippen LogP contribution in [0.3, 0.4) is 0 Å². The van der Waals surface area contributed by atoms with Crippen LogP contribution in [0.5, 0.6) is 0 Å². The van der Waals surface area contributed by atoms with E-state index in [2.05, 4.69) is 11.2 Å². The van der Waals surface area contributed by atoms with E-state index in [-0.39, 0.29) is 6.04 Å². The van der Waals surface area contributed by atoms with Gasteiger partial charge in [-0.15, -0.1) is 12.3 Å². The Bertz CT molecular complexity index is 474. The number of benzene rings is 1. The predicted molar refractivity (Wildman–Crippen MR) is 70.5 cm³/mol. The maximum absolute atomic E-state index is 13.3. The molecule has 1 N–H and O–H groups in total. The average Bonchev–Trinajstić information content (AvgIpc) is 2.37. The third-order valence-corrected chi connectivity index (χ3v) is 2.96.